The highest BCUT2D eigenvalue weighted by Crippen LogP contribution is 1.94. The Balaban J connectivity index is 3.74. The summed E-state index contributed by atoms with van der Waals surface area (Å²) >= 11 is 0. The van der Waals surface area contributed by atoms with Gasteiger partial charge in [-0.25, -0.2) is 9.59 Å². The number of carboxylic acid groups (broad SMARTS) is 1. The molecule has 0 aliphatic heterocycles. The van der Waals surface area contributed by atoms with Gasteiger partial charge in [0.05, 0.1) is 6.10 Å². The van der Waals surface area contributed by atoms with Crippen LogP contribution in [-0.2, 0) is 4.79 Å². The number of nitrogens with one attached hydrogen (secondary N) is 1. The van der Waals surface area contributed by atoms with E-state index < -0.39 is 18.2 Å². The first-order valence-electron chi connectivity index (χ1n) is 5.42. The Kier molecular flexibility index (Phi) is 7.24. The lowest BCUT2D eigenvalue weighted by molar-refractivity contribution is -0.146. The van der Waals surface area contributed by atoms with Crippen molar-refractivity contribution in [2.45, 2.75) is 32.0 Å². The molecule has 0 aromatic carbocycles. The molecule has 17 heavy (non-hydrogen) atoms. The van der Waals surface area contributed by atoms with E-state index in [1.54, 1.807) is 14.0 Å². The van der Waals surface area contributed by atoms with Crippen LogP contribution in [0.2, 0.25) is 0 Å². The zero-order valence-electron chi connectivity index (χ0n) is 10.1. The van der Waals surface area contributed by atoms with Crippen molar-refractivity contribution < 1.29 is 24.9 Å². The van der Waals surface area contributed by atoms with Gasteiger partial charge in [-0.1, -0.05) is 0 Å². The molecule has 0 saturated carbocycles. The van der Waals surface area contributed by atoms with Gasteiger partial charge in [-0.2, -0.15) is 0 Å². The molecule has 2 atom stereocenters. The fourth-order valence-electron chi connectivity index (χ4n) is 1.06. The summed E-state index contributed by atoms with van der Waals surface area (Å²) in [6.45, 7) is 2.13. The van der Waals surface area contributed by atoms with Crippen LogP contribution in [0.1, 0.15) is 19.8 Å². The van der Waals surface area contributed by atoms with E-state index in [2.05, 4.69) is 5.32 Å². The summed E-state index contributed by atoms with van der Waals surface area (Å²) in [5.41, 5.74) is 0. The summed E-state index contributed by atoms with van der Waals surface area (Å²) in [5, 5.41) is 28.9. The standard InChI is InChI=1S/C10H20N2O5/c1-7(13)4-6-12(2)10(17)11-5-3-8(14)9(15)16/h7-8,13-14H,3-6H2,1-2H3,(H,11,17)(H,15,16). The predicted octanol–water partition coefficient (Wildman–Crippen LogP) is -0.766. The average Bonchev–Trinajstić information content (AvgIpc) is 2.25. The van der Waals surface area contributed by atoms with E-state index in [9.17, 15) is 9.59 Å². The first kappa shape index (κ1) is 15.7. The van der Waals surface area contributed by atoms with Crippen LogP contribution in [-0.4, -0.2) is 64.6 Å². The number of hydrogen-bond acceptors (Lipinski definition) is 4. The van der Waals surface area contributed by atoms with Crippen LogP contribution in [0, 0.1) is 0 Å². The van der Waals surface area contributed by atoms with Crippen molar-refractivity contribution in [2.75, 3.05) is 20.1 Å². The Morgan fingerprint density at radius 1 is 1.29 bits per heavy atom. The minimum Gasteiger partial charge on any atom is -0.479 e. The number of carbonyl (C=O) groups is 2. The number of amides is 2. The normalized spacial score (nSPS) is 13.9. The van der Waals surface area contributed by atoms with Crippen molar-refractivity contribution >= 4 is 12.0 Å². The van der Waals surface area contributed by atoms with E-state index in [0.29, 0.717) is 13.0 Å². The minimum atomic E-state index is -1.46. The Morgan fingerprint density at radius 3 is 2.35 bits per heavy atom. The van der Waals surface area contributed by atoms with Gasteiger partial charge in [0.25, 0.3) is 0 Å². The number of aliphatic carboxylic acids is 1. The van der Waals surface area contributed by atoms with Crippen LogP contribution in [0.3, 0.4) is 0 Å². The molecule has 0 bridgehead atoms. The molecule has 0 spiro atoms. The number of nitrogens with zero attached hydrogens (tertiary/aromatic N) is 1. The number of rotatable bonds is 7. The SMILES string of the molecule is CC(O)CCN(C)C(=O)NCCC(O)C(=O)O. The second kappa shape index (κ2) is 7.86. The number of carboxylic acids is 1. The van der Waals surface area contributed by atoms with Gasteiger partial charge in [0.15, 0.2) is 6.10 Å². The molecule has 7 nitrogen and oxygen atoms in total. The topological polar surface area (TPSA) is 110 Å². The van der Waals surface area contributed by atoms with E-state index in [1.807, 2.05) is 0 Å². The largest absolute Gasteiger partial charge is 0.479 e. The van der Waals surface area contributed by atoms with Gasteiger partial charge in [-0.3, -0.25) is 0 Å². The molecule has 0 aliphatic carbocycles. The number of urea groups is 1. The minimum absolute atomic E-state index is 0.0364. The molecule has 2 amide bonds. The third-order valence-corrected chi connectivity index (χ3v) is 2.21. The summed E-state index contributed by atoms with van der Waals surface area (Å²) in [7, 11) is 1.57. The Hall–Kier alpha value is -1.34. The third-order valence-electron chi connectivity index (χ3n) is 2.21. The highest BCUT2D eigenvalue weighted by molar-refractivity contribution is 5.74. The Bertz CT molecular complexity index is 257. The van der Waals surface area contributed by atoms with Crippen molar-refractivity contribution in [3.63, 3.8) is 0 Å². The maximum absolute atomic E-state index is 11.4. The fourth-order valence-corrected chi connectivity index (χ4v) is 1.06. The average molecular weight is 248 g/mol. The summed E-state index contributed by atoms with van der Waals surface area (Å²) in [6.07, 6.45) is -1.50. The van der Waals surface area contributed by atoms with Crippen molar-refractivity contribution in [2.24, 2.45) is 0 Å². The van der Waals surface area contributed by atoms with Gasteiger partial charge in [-0.15, -0.1) is 0 Å². The molecule has 2 unspecified atom stereocenters. The van der Waals surface area contributed by atoms with Crippen LogP contribution in [0.15, 0.2) is 0 Å². The monoisotopic (exact) mass is 248 g/mol. The van der Waals surface area contributed by atoms with Crippen molar-refractivity contribution in [1.82, 2.24) is 10.2 Å². The number of aliphatic hydroxyl groups excluding tert-OH is 2. The second-order valence-electron chi connectivity index (χ2n) is 3.93. The molecule has 100 valence electrons. The lowest BCUT2D eigenvalue weighted by Gasteiger charge is -2.18. The summed E-state index contributed by atoms with van der Waals surface area (Å²) in [6, 6.07) is -0.358. The molecule has 0 heterocycles. The molecule has 0 radical (unpaired) electrons. The lowest BCUT2D eigenvalue weighted by atomic mass is 10.2. The third kappa shape index (κ3) is 7.53. The zero-order chi connectivity index (χ0) is 13.4. The summed E-state index contributed by atoms with van der Waals surface area (Å²) in [5.74, 6) is -1.30. The molecule has 0 aromatic rings. The van der Waals surface area contributed by atoms with Crippen molar-refractivity contribution in [3.8, 4) is 0 Å². The van der Waals surface area contributed by atoms with E-state index >= 15 is 0 Å². The summed E-state index contributed by atoms with van der Waals surface area (Å²) < 4.78 is 0. The molecule has 4 N–H and O–H groups in total. The van der Waals surface area contributed by atoms with Crippen LogP contribution in [0.4, 0.5) is 4.79 Å². The van der Waals surface area contributed by atoms with Crippen LogP contribution >= 0.6 is 0 Å². The zero-order valence-corrected chi connectivity index (χ0v) is 10.1. The maximum Gasteiger partial charge on any atom is 0.332 e. The van der Waals surface area contributed by atoms with Crippen molar-refractivity contribution in [3.05, 3.63) is 0 Å². The summed E-state index contributed by atoms with van der Waals surface area (Å²) in [4.78, 5) is 23.1. The predicted molar refractivity (Wildman–Crippen MR) is 60.6 cm³/mol. The quantitative estimate of drug-likeness (QED) is 0.473. The number of aliphatic hydroxyl groups is 2. The van der Waals surface area contributed by atoms with Gasteiger partial charge >= 0.3 is 12.0 Å². The molecule has 0 saturated heterocycles. The molecule has 7 heteroatoms. The number of hydrogen-bond donors (Lipinski definition) is 4. The van der Waals surface area contributed by atoms with Gasteiger partial charge in [0, 0.05) is 26.6 Å². The molecular weight excluding hydrogens is 228 g/mol. The van der Waals surface area contributed by atoms with Crippen LogP contribution < -0.4 is 5.32 Å². The first-order valence-corrected chi connectivity index (χ1v) is 5.42. The van der Waals surface area contributed by atoms with Gasteiger partial charge in [0.1, 0.15) is 0 Å². The van der Waals surface area contributed by atoms with Crippen LogP contribution in [0.25, 0.3) is 0 Å². The molecule has 0 rings (SSSR count). The van der Waals surface area contributed by atoms with Crippen LogP contribution in [0.5, 0.6) is 0 Å². The van der Waals surface area contributed by atoms with E-state index in [4.69, 9.17) is 15.3 Å². The maximum atomic E-state index is 11.4. The van der Waals surface area contributed by atoms with Gasteiger partial charge < -0.3 is 25.5 Å². The Morgan fingerprint density at radius 2 is 1.88 bits per heavy atom. The smallest absolute Gasteiger partial charge is 0.332 e. The second-order valence-corrected chi connectivity index (χ2v) is 3.93. The van der Waals surface area contributed by atoms with Gasteiger partial charge in [0.2, 0.25) is 0 Å². The van der Waals surface area contributed by atoms with Gasteiger partial charge in [-0.05, 0) is 13.3 Å². The fraction of sp³-hybridized carbons (Fsp3) is 0.800. The molecule has 0 aromatic heterocycles. The van der Waals surface area contributed by atoms with Crippen molar-refractivity contribution in [1.29, 1.82) is 0 Å². The molecular formula is C10H20N2O5. The molecule has 0 aliphatic rings. The van der Waals surface area contributed by atoms with E-state index in [0.717, 1.165) is 0 Å². The van der Waals surface area contributed by atoms with E-state index in [-0.39, 0.29) is 19.0 Å². The highest BCUT2D eigenvalue weighted by atomic mass is 16.4. The highest BCUT2D eigenvalue weighted by Gasteiger charge is 2.14. The molecule has 0 fully saturated rings. The Labute approximate surface area is 100 Å². The lowest BCUT2D eigenvalue weighted by Crippen LogP contribution is -2.40. The first-order chi connectivity index (χ1) is 7.84. The van der Waals surface area contributed by atoms with E-state index in [1.165, 1.54) is 4.90 Å². The number of carbonyl (C=O) groups excluding carboxylic acids is 1.